The molecule has 0 saturated heterocycles. The molecule has 0 bridgehead atoms. The molecule has 3 aromatic rings. The Hall–Kier alpha value is -3.48. The topological polar surface area (TPSA) is 67.2 Å². The van der Waals surface area contributed by atoms with Crippen molar-refractivity contribution in [2.24, 2.45) is 0 Å². The lowest BCUT2D eigenvalue weighted by molar-refractivity contribution is -0.117. The number of rotatable bonds is 9. The molecule has 6 nitrogen and oxygen atoms in total. The Bertz CT molecular complexity index is 1160. The lowest BCUT2D eigenvalue weighted by Crippen LogP contribution is -2.39. The molecular formula is C28H35FN4O2. The number of unbranched alkanes of at least 4 members (excludes halogenated alkanes) is 2. The second-order valence-electron chi connectivity index (χ2n) is 9.85. The third-order valence-electron chi connectivity index (χ3n) is 5.83. The number of amides is 2. The van der Waals surface area contributed by atoms with Gasteiger partial charge in [-0.15, -0.1) is 0 Å². The van der Waals surface area contributed by atoms with Crippen molar-refractivity contribution in [3.05, 3.63) is 77.2 Å². The van der Waals surface area contributed by atoms with Crippen molar-refractivity contribution in [1.82, 2.24) is 14.7 Å². The summed E-state index contributed by atoms with van der Waals surface area (Å²) in [5.41, 5.74) is 2.90. The molecule has 0 aliphatic heterocycles. The Kier molecular flexibility index (Phi) is 8.43. The number of aromatic nitrogens is 2. The second kappa shape index (κ2) is 11.3. The molecule has 186 valence electrons. The number of hydrogen-bond acceptors (Lipinski definition) is 3. The Labute approximate surface area is 207 Å². The van der Waals surface area contributed by atoms with Crippen LogP contribution in [-0.2, 0) is 10.2 Å². The van der Waals surface area contributed by atoms with E-state index in [1.165, 1.54) is 29.2 Å². The summed E-state index contributed by atoms with van der Waals surface area (Å²) in [4.78, 5) is 27.8. The summed E-state index contributed by atoms with van der Waals surface area (Å²) in [7, 11) is 0. The van der Waals surface area contributed by atoms with Crippen LogP contribution in [0.3, 0.4) is 0 Å². The fourth-order valence-electron chi connectivity index (χ4n) is 3.76. The van der Waals surface area contributed by atoms with Gasteiger partial charge in [0.15, 0.2) is 0 Å². The largest absolute Gasteiger partial charge is 0.329 e. The maximum absolute atomic E-state index is 13.3. The van der Waals surface area contributed by atoms with Crippen LogP contribution in [0.5, 0.6) is 0 Å². The molecule has 35 heavy (non-hydrogen) atoms. The number of carbonyl (C=O) groups excluding carboxylic acids is 2. The Balaban J connectivity index is 1.86. The van der Waals surface area contributed by atoms with E-state index in [-0.39, 0.29) is 23.8 Å². The number of carbonyl (C=O) groups is 2. The highest BCUT2D eigenvalue weighted by Gasteiger charge is 2.24. The third-order valence-corrected chi connectivity index (χ3v) is 5.83. The molecule has 7 heteroatoms. The predicted molar refractivity (Wildman–Crippen MR) is 137 cm³/mol. The summed E-state index contributed by atoms with van der Waals surface area (Å²) in [6, 6.07) is 15.1. The van der Waals surface area contributed by atoms with Gasteiger partial charge in [-0.1, -0.05) is 58.7 Å². The molecule has 0 unspecified atom stereocenters. The monoisotopic (exact) mass is 478 g/mol. The number of aryl methyl sites for hydroxylation is 1. The van der Waals surface area contributed by atoms with Gasteiger partial charge in [-0.05, 0) is 49.2 Å². The van der Waals surface area contributed by atoms with Gasteiger partial charge in [0.2, 0.25) is 5.91 Å². The van der Waals surface area contributed by atoms with Gasteiger partial charge in [0.05, 0.1) is 11.4 Å². The maximum Gasteiger partial charge on any atom is 0.254 e. The highest BCUT2D eigenvalue weighted by atomic mass is 19.1. The first kappa shape index (κ1) is 26.1. The van der Waals surface area contributed by atoms with Crippen LogP contribution in [0.25, 0.3) is 5.69 Å². The third kappa shape index (κ3) is 6.78. The predicted octanol–water partition coefficient (Wildman–Crippen LogP) is 5.89. The van der Waals surface area contributed by atoms with E-state index in [1.54, 1.807) is 4.68 Å². The highest BCUT2D eigenvalue weighted by Crippen LogP contribution is 2.27. The van der Waals surface area contributed by atoms with Crippen LogP contribution in [0.2, 0.25) is 0 Å². The van der Waals surface area contributed by atoms with Gasteiger partial charge in [0.25, 0.3) is 5.91 Å². The standard InChI is InChI=1S/C28H35FN4O2/c1-6-7-10-17-32(27(35)21-13-15-22(29)16-14-21)19-26(34)30-25-18-24(28(3,4)5)31-33(25)23-12-9-8-11-20(23)2/h8-9,11-16,18H,6-7,10,17,19H2,1-5H3,(H,30,34). The van der Waals surface area contributed by atoms with Crippen molar-refractivity contribution < 1.29 is 14.0 Å². The fourth-order valence-corrected chi connectivity index (χ4v) is 3.76. The van der Waals surface area contributed by atoms with E-state index in [0.29, 0.717) is 17.9 Å². The number of benzene rings is 2. The summed E-state index contributed by atoms with van der Waals surface area (Å²) in [6.07, 6.45) is 2.73. The lowest BCUT2D eigenvalue weighted by Gasteiger charge is -2.22. The molecule has 1 heterocycles. The molecule has 0 aliphatic carbocycles. The van der Waals surface area contributed by atoms with Gasteiger partial charge in [0.1, 0.15) is 18.2 Å². The summed E-state index contributed by atoms with van der Waals surface area (Å²) < 4.78 is 15.1. The van der Waals surface area contributed by atoms with Crippen molar-refractivity contribution in [3.8, 4) is 5.69 Å². The minimum atomic E-state index is -0.407. The summed E-state index contributed by atoms with van der Waals surface area (Å²) in [5, 5.41) is 7.75. The van der Waals surface area contributed by atoms with Gasteiger partial charge in [-0.3, -0.25) is 9.59 Å². The zero-order valence-electron chi connectivity index (χ0n) is 21.3. The van der Waals surface area contributed by atoms with Crippen LogP contribution in [0.15, 0.2) is 54.6 Å². The number of nitrogens with zero attached hydrogens (tertiary/aromatic N) is 3. The minimum absolute atomic E-state index is 0.107. The number of nitrogens with one attached hydrogen (secondary N) is 1. The first-order valence-electron chi connectivity index (χ1n) is 12.1. The van der Waals surface area contributed by atoms with E-state index in [1.807, 2.05) is 37.3 Å². The molecule has 1 N–H and O–H groups in total. The first-order chi connectivity index (χ1) is 16.6. The molecule has 2 aromatic carbocycles. The molecule has 0 radical (unpaired) electrons. The van der Waals surface area contributed by atoms with E-state index in [4.69, 9.17) is 5.10 Å². The van der Waals surface area contributed by atoms with Crippen LogP contribution in [-0.4, -0.2) is 39.6 Å². The quantitative estimate of drug-likeness (QED) is 0.390. The number of halogens is 1. The Morgan fingerprint density at radius 3 is 2.37 bits per heavy atom. The maximum atomic E-state index is 13.3. The van der Waals surface area contributed by atoms with E-state index in [9.17, 15) is 14.0 Å². The van der Waals surface area contributed by atoms with Gasteiger partial charge in [-0.2, -0.15) is 5.10 Å². The molecule has 0 aliphatic rings. The Morgan fingerprint density at radius 1 is 1.06 bits per heavy atom. The zero-order valence-corrected chi connectivity index (χ0v) is 21.3. The fraction of sp³-hybridized carbons (Fsp3) is 0.393. The molecule has 1 aromatic heterocycles. The molecule has 2 amide bonds. The molecule has 3 rings (SSSR count). The molecule has 0 atom stereocenters. The average Bonchev–Trinajstić information content (AvgIpc) is 3.23. The van der Waals surface area contributed by atoms with Crippen molar-refractivity contribution >= 4 is 17.6 Å². The highest BCUT2D eigenvalue weighted by molar-refractivity contribution is 5.99. The number of para-hydroxylation sites is 1. The van der Waals surface area contributed by atoms with Crippen LogP contribution >= 0.6 is 0 Å². The summed E-state index contributed by atoms with van der Waals surface area (Å²) in [6.45, 7) is 10.6. The molecule has 0 fully saturated rings. The van der Waals surface area contributed by atoms with Crippen LogP contribution in [0.1, 0.15) is 68.6 Å². The van der Waals surface area contributed by atoms with Gasteiger partial charge < -0.3 is 10.2 Å². The normalized spacial score (nSPS) is 11.4. The number of hydrogen-bond donors (Lipinski definition) is 1. The summed E-state index contributed by atoms with van der Waals surface area (Å²) in [5.74, 6) is -0.459. The van der Waals surface area contributed by atoms with Crippen molar-refractivity contribution in [3.63, 3.8) is 0 Å². The van der Waals surface area contributed by atoms with E-state index < -0.39 is 5.82 Å². The second-order valence-corrected chi connectivity index (χ2v) is 9.85. The van der Waals surface area contributed by atoms with Crippen molar-refractivity contribution in [1.29, 1.82) is 0 Å². The van der Waals surface area contributed by atoms with E-state index >= 15 is 0 Å². The Morgan fingerprint density at radius 2 is 1.74 bits per heavy atom. The molecule has 0 spiro atoms. The van der Waals surface area contributed by atoms with Crippen molar-refractivity contribution in [2.45, 2.75) is 59.3 Å². The first-order valence-corrected chi connectivity index (χ1v) is 12.1. The molecular weight excluding hydrogens is 443 g/mol. The van der Waals surface area contributed by atoms with Crippen LogP contribution < -0.4 is 5.32 Å². The van der Waals surface area contributed by atoms with Gasteiger partial charge in [-0.25, -0.2) is 9.07 Å². The number of anilines is 1. The smallest absolute Gasteiger partial charge is 0.254 e. The summed E-state index contributed by atoms with van der Waals surface area (Å²) >= 11 is 0. The van der Waals surface area contributed by atoms with Gasteiger partial charge >= 0.3 is 0 Å². The van der Waals surface area contributed by atoms with Crippen LogP contribution in [0, 0.1) is 12.7 Å². The van der Waals surface area contributed by atoms with E-state index in [2.05, 4.69) is 33.0 Å². The SMILES string of the molecule is CCCCCN(CC(=O)Nc1cc(C(C)(C)C)nn1-c1ccccc1C)C(=O)c1ccc(F)cc1. The zero-order chi connectivity index (χ0) is 25.6. The van der Waals surface area contributed by atoms with Crippen molar-refractivity contribution in [2.75, 3.05) is 18.4 Å². The average molecular weight is 479 g/mol. The van der Waals surface area contributed by atoms with Crippen LogP contribution in [0.4, 0.5) is 10.2 Å². The lowest BCUT2D eigenvalue weighted by atomic mass is 9.92. The minimum Gasteiger partial charge on any atom is -0.329 e. The van der Waals surface area contributed by atoms with Gasteiger partial charge in [0, 0.05) is 23.6 Å². The molecule has 0 saturated carbocycles. The van der Waals surface area contributed by atoms with E-state index in [0.717, 1.165) is 36.2 Å².